The number of fused-ring (bicyclic) bond motifs is 5. The van der Waals surface area contributed by atoms with Crippen LogP contribution in [0.2, 0.25) is 0 Å². The van der Waals surface area contributed by atoms with E-state index in [4.69, 9.17) is 13.1 Å². The summed E-state index contributed by atoms with van der Waals surface area (Å²) in [5.74, 6) is 1.20. The van der Waals surface area contributed by atoms with Crippen molar-refractivity contribution in [2.24, 2.45) is 11.8 Å². The summed E-state index contributed by atoms with van der Waals surface area (Å²) in [5, 5.41) is 19.1. The van der Waals surface area contributed by atoms with Crippen LogP contribution in [0.5, 0.6) is 0 Å². The molecule has 1 aliphatic rings. The SMILES string of the molecule is [C-]#[N+]/C(C#N)=C\c1sc(C2=Cc3sc4c(sc5cc(-c6cc(CC(CC)CCCC)c(/C=C(\C#N)[N+]#[C-])s6)sc54)c3C2)cc1CC(CC)CCCC. The largest absolute Gasteiger partial charge is 0.263 e. The summed E-state index contributed by atoms with van der Waals surface area (Å²) >= 11 is 9.12. The van der Waals surface area contributed by atoms with Crippen LogP contribution in [0, 0.1) is 47.6 Å². The molecule has 6 rings (SSSR count). The lowest BCUT2D eigenvalue weighted by Crippen LogP contribution is -2.03. The average Bonchev–Trinajstić information content (AvgIpc) is 4.00. The summed E-state index contributed by atoms with van der Waals surface area (Å²) in [7, 11) is 0. The van der Waals surface area contributed by atoms with Gasteiger partial charge in [-0.05, 0) is 83.4 Å². The zero-order valence-corrected chi connectivity index (χ0v) is 34.3. The second kappa shape index (κ2) is 17.4. The maximum Gasteiger partial charge on any atom is 0.263 e. The van der Waals surface area contributed by atoms with E-state index in [9.17, 15) is 10.5 Å². The first-order valence-electron chi connectivity index (χ1n) is 18.3. The molecule has 2 unspecified atom stereocenters. The lowest BCUT2D eigenvalue weighted by Gasteiger charge is -2.14. The van der Waals surface area contributed by atoms with Gasteiger partial charge in [0.2, 0.25) is 0 Å². The van der Waals surface area contributed by atoms with Crippen LogP contribution in [-0.2, 0) is 19.3 Å². The van der Waals surface area contributed by atoms with Crippen LogP contribution < -0.4 is 0 Å². The number of hydrogen-bond acceptors (Lipinski definition) is 7. The van der Waals surface area contributed by atoms with E-state index in [1.54, 1.807) is 34.8 Å². The van der Waals surface area contributed by atoms with Gasteiger partial charge in [0.1, 0.15) is 0 Å². The zero-order valence-electron chi connectivity index (χ0n) is 30.2. The minimum Gasteiger partial charge on any atom is -0.227 e. The third-order valence-electron chi connectivity index (χ3n) is 10.1. The highest BCUT2D eigenvalue weighted by Gasteiger charge is 2.26. The molecule has 0 saturated heterocycles. The highest BCUT2D eigenvalue weighted by atomic mass is 32.1. The maximum atomic E-state index is 9.53. The van der Waals surface area contributed by atoms with Crippen LogP contribution in [0.15, 0.2) is 29.6 Å². The Hall–Kier alpha value is -3.80. The topological polar surface area (TPSA) is 56.3 Å². The van der Waals surface area contributed by atoms with Crippen molar-refractivity contribution < 1.29 is 0 Å². The molecular formula is C43H42N4S5. The van der Waals surface area contributed by atoms with Gasteiger partial charge in [0.15, 0.2) is 0 Å². The molecule has 0 radical (unpaired) electrons. The van der Waals surface area contributed by atoms with Crippen molar-refractivity contribution in [2.45, 2.75) is 98.3 Å². The van der Waals surface area contributed by atoms with E-state index < -0.39 is 0 Å². The number of unbranched alkanes of at least 4 members (excludes halogenated alkanes) is 2. The van der Waals surface area contributed by atoms with Crippen LogP contribution in [0.3, 0.4) is 0 Å². The number of allylic oxidation sites excluding steroid dienone is 3. The van der Waals surface area contributed by atoms with Crippen LogP contribution in [0.25, 0.3) is 62.0 Å². The first-order valence-corrected chi connectivity index (χ1v) is 22.4. The van der Waals surface area contributed by atoms with Crippen molar-refractivity contribution in [3.8, 4) is 21.9 Å². The Bertz CT molecular complexity index is 2320. The van der Waals surface area contributed by atoms with E-state index in [-0.39, 0.29) is 11.4 Å². The van der Waals surface area contributed by atoms with Crippen LogP contribution in [0.4, 0.5) is 0 Å². The van der Waals surface area contributed by atoms with Crippen molar-refractivity contribution in [1.82, 2.24) is 0 Å². The molecule has 0 N–H and O–H groups in total. The van der Waals surface area contributed by atoms with Crippen LogP contribution >= 0.6 is 56.7 Å². The monoisotopic (exact) mass is 774 g/mol. The van der Waals surface area contributed by atoms with E-state index >= 15 is 0 Å². The number of rotatable bonds is 16. The van der Waals surface area contributed by atoms with Gasteiger partial charge < -0.3 is 0 Å². The molecule has 0 bridgehead atoms. The molecule has 0 aliphatic heterocycles. The first-order chi connectivity index (χ1) is 25.4. The summed E-state index contributed by atoms with van der Waals surface area (Å²) < 4.78 is 5.46. The van der Waals surface area contributed by atoms with Crippen molar-refractivity contribution in [3.05, 3.63) is 88.6 Å². The van der Waals surface area contributed by atoms with Crippen molar-refractivity contribution in [1.29, 1.82) is 10.5 Å². The third kappa shape index (κ3) is 8.06. The molecular weight excluding hydrogens is 733 g/mol. The molecule has 0 fully saturated rings. The Morgan fingerprint density at radius 1 is 0.731 bits per heavy atom. The van der Waals surface area contributed by atoms with Gasteiger partial charge in [0.05, 0.1) is 39.4 Å². The van der Waals surface area contributed by atoms with E-state index in [1.165, 1.54) is 99.1 Å². The van der Waals surface area contributed by atoms with Gasteiger partial charge in [-0.1, -0.05) is 79.1 Å². The molecule has 264 valence electrons. The van der Waals surface area contributed by atoms with Gasteiger partial charge in [0, 0.05) is 40.4 Å². The number of hydrogen-bond donors (Lipinski definition) is 0. The molecule has 5 heterocycles. The Labute approximate surface area is 328 Å². The Morgan fingerprint density at radius 3 is 1.83 bits per heavy atom. The summed E-state index contributed by atoms with van der Waals surface area (Å²) in [6.07, 6.45) is 18.4. The maximum absolute atomic E-state index is 9.53. The number of nitrogens with zero attached hydrogens (tertiary/aromatic N) is 4. The summed E-state index contributed by atoms with van der Waals surface area (Å²) in [6, 6.07) is 11.2. The van der Waals surface area contributed by atoms with E-state index in [0.717, 1.165) is 41.9 Å². The highest BCUT2D eigenvalue weighted by molar-refractivity contribution is 7.40. The molecule has 5 aromatic rings. The second-order valence-electron chi connectivity index (χ2n) is 13.6. The molecule has 52 heavy (non-hydrogen) atoms. The fourth-order valence-electron chi connectivity index (χ4n) is 7.07. The second-order valence-corrected chi connectivity index (χ2v) is 18.9. The smallest absolute Gasteiger partial charge is 0.227 e. The van der Waals surface area contributed by atoms with Gasteiger partial charge >= 0.3 is 0 Å². The van der Waals surface area contributed by atoms with Gasteiger partial charge in [-0.3, -0.25) is 0 Å². The Kier molecular flexibility index (Phi) is 12.7. The lowest BCUT2D eigenvalue weighted by atomic mass is 9.91. The Morgan fingerprint density at radius 2 is 1.29 bits per heavy atom. The summed E-state index contributed by atoms with van der Waals surface area (Å²) in [4.78, 5) is 14.1. The molecule has 0 spiro atoms. The molecule has 9 heteroatoms. The van der Waals surface area contributed by atoms with E-state index in [2.05, 4.69) is 73.8 Å². The lowest BCUT2D eigenvalue weighted by molar-refractivity contribution is 0.449. The quantitative estimate of drug-likeness (QED) is 0.0740. The average molecular weight is 775 g/mol. The normalized spacial score (nSPS) is 14.2. The van der Waals surface area contributed by atoms with Gasteiger partial charge in [0.25, 0.3) is 11.4 Å². The molecule has 0 saturated carbocycles. The first kappa shape index (κ1) is 37.9. The highest BCUT2D eigenvalue weighted by Crippen LogP contribution is 2.53. The summed E-state index contributed by atoms with van der Waals surface area (Å²) in [6.45, 7) is 24.0. The predicted molar refractivity (Wildman–Crippen MR) is 229 cm³/mol. The van der Waals surface area contributed by atoms with E-state index in [1.807, 2.05) is 34.0 Å². The summed E-state index contributed by atoms with van der Waals surface area (Å²) in [5.41, 5.74) is 5.58. The van der Waals surface area contributed by atoms with E-state index in [0.29, 0.717) is 11.8 Å². The van der Waals surface area contributed by atoms with Crippen molar-refractivity contribution in [3.63, 3.8) is 0 Å². The van der Waals surface area contributed by atoms with Crippen LogP contribution in [-0.4, -0.2) is 0 Å². The van der Waals surface area contributed by atoms with Gasteiger partial charge in [-0.15, -0.1) is 56.7 Å². The minimum atomic E-state index is 0.143. The van der Waals surface area contributed by atoms with Crippen molar-refractivity contribution in [2.75, 3.05) is 0 Å². The molecule has 0 aromatic carbocycles. The molecule has 2 atom stereocenters. The molecule has 1 aliphatic carbocycles. The van der Waals surface area contributed by atoms with Gasteiger partial charge in [-0.2, -0.15) is 0 Å². The fourth-order valence-corrected chi connectivity index (χ4v) is 13.7. The molecule has 4 nitrogen and oxygen atoms in total. The molecule has 5 aromatic heterocycles. The standard InChI is InChI=1S/C43H42N4S5/c1-7-11-13-26(9-3)15-28-18-34(48-35(28)21-31(24-44)46-5)30-17-33-37(19-30)50-43-41(33)52-40-23-39(51-42(40)43)38-20-29(16-27(10-4)14-12-8-2)36(49-38)22-32(25-45)47-6/h18-23,26-27H,7-17H2,1-4H3/b31-21-,32-22+. The predicted octanol–water partition coefficient (Wildman–Crippen LogP) is 15.1. The van der Waals surface area contributed by atoms with Crippen molar-refractivity contribution >= 4 is 99.3 Å². The minimum absolute atomic E-state index is 0.143. The Balaban J connectivity index is 1.31. The van der Waals surface area contributed by atoms with Crippen LogP contribution in [0.1, 0.15) is 115 Å². The van der Waals surface area contributed by atoms with Gasteiger partial charge in [-0.25, -0.2) is 20.2 Å². The zero-order chi connectivity index (χ0) is 36.8. The molecule has 0 amide bonds. The third-order valence-corrected chi connectivity index (χ3v) is 16.6. The number of thiophene rings is 5. The number of nitriles is 2. The fraction of sp³-hybridized carbons (Fsp3) is 0.395.